The van der Waals surface area contributed by atoms with Gasteiger partial charge >= 0.3 is 0 Å². The van der Waals surface area contributed by atoms with Gasteiger partial charge in [0.1, 0.15) is 12.1 Å². The molecule has 2 aliphatic rings. The summed E-state index contributed by atoms with van der Waals surface area (Å²) in [5.74, 6) is 1.26. The number of thiophene rings is 1. The Morgan fingerprint density at radius 1 is 1.29 bits per heavy atom. The van der Waals surface area contributed by atoms with Crippen LogP contribution in [0, 0.1) is 0 Å². The number of hydrogen-bond donors (Lipinski definition) is 0. The molecule has 4 heterocycles. The van der Waals surface area contributed by atoms with Crippen LogP contribution in [0.15, 0.2) is 17.8 Å². The number of aromatic nitrogens is 2. The number of amides is 1. The van der Waals surface area contributed by atoms with Crippen LogP contribution >= 0.6 is 11.3 Å². The van der Waals surface area contributed by atoms with Gasteiger partial charge in [0.2, 0.25) is 5.91 Å². The molecule has 2 saturated heterocycles. The average molecular weight is 346 g/mol. The van der Waals surface area contributed by atoms with E-state index in [-0.39, 0.29) is 5.91 Å². The van der Waals surface area contributed by atoms with Gasteiger partial charge in [0, 0.05) is 39.2 Å². The largest absolute Gasteiger partial charge is 0.378 e. The SMILES string of the molecule is O=C(CC[C@H]1CCCO1)N1CCN(c2ncnc3ccsc23)CC1. The van der Waals surface area contributed by atoms with Gasteiger partial charge in [0.25, 0.3) is 0 Å². The quantitative estimate of drug-likeness (QED) is 0.850. The highest BCUT2D eigenvalue weighted by Crippen LogP contribution is 2.28. The summed E-state index contributed by atoms with van der Waals surface area (Å²) in [4.78, 5) is 25.4. The topological polar surface area (TPSA) is 58.6 Å². The molecule has 0 spiro atoms. The monoisotopic (exact) mass is 346 g/mol. The van der Waals surface area contributed by atoms with E-state index in [0.717, 1.165) is 68.1 Å². The zero-order valence-electron chi connectivity index (χ0n) is 13.7. The van der Waals surface area contributed by atoms with Crippen molar-refractivity contribution in [2.75, 3.05) is 37.7 Å². The highest BCUT2D eigenvalue weighted by Gasteiger charge is 2.24. The Morgan fingerprint density at radius 3 is 2.96 bits per heavy atom. The second-order valence-electron chi connectivity index (χ2n) is 6.37. The van der Waals surface area contributed by atoms with Crippen molar-refractivity contribution in [2.45, 2.75) is 31.8 Å². The number of carbonyl (C=O) groups excluding carboxylic acids is 1. The van der Waals surface area contributed by atoms with Crippen molar-refractivity contribution in [1.82, 2.24) is 14.9 Å². The minimum absolute atomic E-state index is 0.258. The first-order valence-corrected chi connectivity index (χ1v) is 9.52. The van der Waals surface area contributed by atoms with E-state index in [9.17, 15) is 4.79 Å². The summed E-state index contributed by atoms with van der Waals surface area (Å²) in [7, 11) is 0. The Morgan fingerprint density at radius 2 is 2.17 bits per heavy atom. The highest BCUT2D eigenvalue weighted by atomic mass is 32.1. The van der Waals surface area contributed by atoms with Crippen molar-refractivity contribution >= 4 is 33.3 Å². The summed E-state index contributed by atoms with van der Waals surface area (Å²) in [6, 6.07) is 2.02. The molecule has 2 fully saturated rings. The van der Waals surface area contributed by atoms with Gasteiger partial charge in [-0.25, -0.2) is 9.97 Å². The molecule has 128 valence electrons. The molecule has 0 aromatic carbocycles. The molecule has 0 aliphatic carbocycles. The fourth-order valence-electron chi connectivity index (χ4n) is 3.48. The average Bonchev–Trinajstić information content (AvgIpc) is 3.31. The molecule has 7 heteroatoms. The van der Waals surface area contributed by atoms with E-state index in [2.05, 4.69) is 14.9 Å². The van der Waals surface area contributed by atoms with Gasteiger partial charge in [-0.1, -0.05) is 0 Å². The predicted molar refractivity (Wildman–Crippen MR) is 94.4 cm³/mol. The standard InChI is InChI=1S/C17H22N4O2S/c22-15(4-3-13-2-1-10-23-13)20-6-8-21(9-7-20)17-16-14(5-11-24-16)18-12-19-17/h5,11-13H,1-4,6-10H2/t13-/m1/s1. The van der Waals surface area contributed by atoms with Crippen LogP contribution in [0.25, 0.3) is 10.2 Å². The first-order chi connectivity index (χ1) is 11.8. The molecular formula is C17H22N4O2S. The predicted octanol–water partition coefficient (Wildman–Crippen LogP) is 2.30. The first-order valence-electron chi connectivity index (χ1n) is 8.64. The van der Waals surface area contributed by atoms with Gasteiger partial charge in [-0.3, -0.25) is 4.79 Å². The molecule has 4 rings (SSSR count). The van der Waals surface area contributed by atoms with E-state index in [1.807, 2.05) is 16.3 Å². The lowest BCUT2D eigenvalue weighted by Gasteiger charge is -2.35. The maximum Gasteiger partial charge on any atom is 0.222 e. The third-order valence-corrected chi connectivity index (χ3v) is 5.76. The zero-order valence-corrected chi connectivity index (χ0v) is 14.5. The number of hydrogen-bond acceptors (Lipinski definition) is 6. The molecule has 0 unspecified atom stereocenters. The first kappa shape index (κ1) is 15.8. The van der Waals surface area contributed by atoms with Gasteiger partial charge < -0.3 is 14.5 Å². The molecule has 0 radical (unpaired) electrons. The van der Waals surface area contributed by atoms with Gasteiger partial charge in [-0.05, 0) is 30.7 Å². The summed E-state index contributed by atoms with van der Waals surface area (Å²) in [5, 5.41) is 2.05. The van der Waals surface area contributed by atoms with Crippen molar-refractivity contribution < 1.29 is 9.53 Å². The number of ether oxygens (including phenoxy) is 1. The number of carbonyl (C=O) groups is 1. The summed E-state index contributed by atoms with van der Waals surface area (Å²) in [6.07, 6.45) is 5.63. The van der Waals surface area contributed by atoms with Crippen molar-refractivity contribution in [3.63, 3.8) is 0 Å². The normalized spacial score (nSPS) is 21.6. The molecular weight excluding hydrogens is 324 g/mol. The van der Waals surface area contributed by atoms with Crippen LogP contribution in [0.5, 0.6) is 0 Å². The Bertz CT molecular complexity index is 705. The van der Waals surface area contributed by atoms with E-state index in [4.69, 9.17) is 4.74 Å². The lowest BCUT2D eigenvalue weighted by atomic mass is 10.1. The van der Waals surface area contributed by atoms with Crippen LogP contribution in [0.1, 0.15) is 25.7 Å². The molecule has 0 bridgehead atoms. The molecule has 2 aromatic rings. The zero-order chi connectivity index (χ0) is 16.4. The van der Waals surface area contributed by atoms with E-state index in [0.29, 0.717) is 12.5 Å². The van der Waals surface area contributed by atoms with Crippen LogP contribution in [-0.4, -0.2) is 59.7 Å². The minimum atomic E-state index is 0.258. The van der Waals surface area contributed by atoms with E-state index >= 15 is 0 Å². The molecule has 0 N–H and O–H groups in total. The van der Waals surface area contributed by atoms with Gasteiger partial charge in [-0.2, -0.15) is 0 Å². The Labute approximate surface area is 145 Å². The minimum Gasteiger partial charge on any atom is -0.378 e. The van der Waals surface area contributed by atoms with Crippen molar-refractivity contribution in [3.8, 4) is 0 Å². The molecule has 2 aliphatic heterocycles. The summed E-state index contributed by atoms with van der Waals surface area (Å²) >= 11 is 1.68. The smallest absolute Gasteiger partial charge is 0.222 e. The third-order valence-electron chi connectivity index (χ3n) is 4.86. The van der Waals surface area contributed by atoms with Crippen molar-refractivity contribution in [1.29, 1.82) is 0 Å². The Balaban J connectivity index is 1.33. The summed E-state index contributed by atoms with van der Waals surface area (Å²) in [5.41, 5.74) is 1.00. The fraction of sp³-hybridized carbons (Fsp3) is 0.588. The number of nitrogens with zero attached hydrogens (tertiary/aromatic N) is 4. The van der Waals surface area contributed by atoms with Gasteiger partial charge in [0.15, 0.2) is 0 Å². The van der Waals surface area contributed by atoms with Crippen LogP contribution in [0.4, 0.5) is 5.82 Å². The Kier molecular flexibility index (Phi) is 4.62. The number of anilines is 1. The van der Waals surface area contributed by atoms with Crippen molar-refractivity contribution in [2.24, 2.45) is 0 Å². The lowest BCUT2D eigenvalue weighted by Crippen LogP contribution is -2.49. The maximum absolute atomic E-state index is 12.4. The molecule has 24 heavy (non-hydrogen) atoms. The molecule has 6 nitrogen and oxygen atoms in total. The third kappa shape index (κ3) is 3.23. The molecule has 0 saturated carbocycles. The highest BCUT2D eigenvalue weighted by molar-refractivity contribution is 7.17. The Hall–Kier alpha value is -1.73. The van der Waals surface area contributed by atoms with E-state index in [1.54, 1.807) is 17.7 Å². The van der Waals surface area contributed by atoms with Crippen LogP contribution in [0.2, 0.25) is 0 Å². The number of fused-ring (bicyclic) bond motifs is 1. The lowest BCUT2D eigenvalue weighted by molar-refractivity contribution is -0.132. The van der Waals surface area contributed by atoms with Gasteiger partial charge in [-0.15, -0.1) is 11.3 Å². The summed E-state index contributed by atoms with van der Waals surface area (Å²) < 4.78 is 6.74. The fourth-order valence-corrected chi connectivity index (χ4v) is 4.35. The second kappa shape index (κ2) is 7.03. The maximum atomic E-state index is 12.4. The van der Waals surface area contributed by atoms with Crippen molar-refractivity contribution in [3.05, 3.63) is 17.8 Å². The number of piperazine rings is 1. The van der Waals surface area contributed by atoms with E-state index in [1.165, 1.54) is 0 Å². The number of rotatable bonds is 4. The van der Waals surface area contributed by atoms with Crippen LogP contribution < -0.4 is 4.90 Å². The molecule has 1 amide bonds. The summed E-state index contributed by atoms with van der Waals surface area (Å²) in [6.45, 7) is 4.04. The second-order valence-corrected chi connectivity index (χ2v) is 7.29. The van der Waals surface area contributed by atoms with E-state index < -0.39 is 0 Å². The molecule has 1 atom stereocenters. The van der Waals surface area contributed by atoms with Crippen LogP contribution in [-0.2, 0) is 9.53 Å². The van der Waals surface area contributed by atoms with Gasteiger partial charge in [0.05, 0.1) is 16.3 Å². The van der Waals surface area contributed by atoms with Crippen LogP contribution in [0.3, 0.4) is 0 Å². The molecule has 2 aromatic heterocycles.